The van der Waals surface area contributed by atoms with Crippen LogP contribution in [0.25, 0.3) is 10.8 Å². The number of benzene rings is 2. The number of anilines is 1. The Labute approximate surface area is 154 Å². The van der Waals surface area contributed by atoms with Gasteiger partial charge in [0.1, 0.15) is 12.1 Å². The normalized spacial score (nSPS) is 23.3. The zero-order valence-electron chi connectivity index (χ0n) is 13.6. The largest absolute Gasteiger partial charge is 0.479 e. The summed E-state index contributed by atoms with van der Waals surface area (Å²) < 4.78 is 26.8. The Morgan fingerprint density at radius 2 is 1.96 bits per heavy atom. The van der Waals surface area contributed by atoms with Crippen LogP contribution in [0, 0.1) is 0 Å². The van der Waals surface area contributed by atoms with E-state index in [0.717, 1.165) is 9.69 Å². The van der Waals surface area contributed by atoms with Crippen molar-refractivity contribution in [2.45, 2.75) is 16.9 Å². The van der Waals surface area contributed by atoms with E-state index >= 15 is 0 Å². The summed E-state index contributed by atoms with van der Waals surface area (Å²) in [4.78, 5) is 24.3. The summed E-state index contributed by atoms with van der Waals surface area (Å²) in [6.45, 7) is -0.449. The molecule has 1 unspecified atom stereocenters. The summed E-state index contributed by atoms with van der Waals surface area (Å²) in [5.74, 6) is -0.801. The van der Waals surface area contributed by atoms with Crippen LogP contribution in [0.5, 0.6) is 0 Å². The summed E-state index contributed by atoms with van der Waals surface area (Å²) in [6, 6.07) is 10.2. The highest BCUT2D eigenvalue weighted by Gasteiger charge is 2.44. The van der Waals surface area contributed by atoms with Crippen molar-refractivity contribution in [3.05, 3.63) is 36.4 Å². The van der Waals surface area contributed by atoms with Gasteiger partial charge in [0.05, 0.1) is 10.6 Å². The number of carbonyl (C=O) groups is 2. The molecule has 7 nitrogen and oxygen atoms in total. The number of thioether (sulfide) groups is 1. The maximum atomic E-state index is 12.9. The van der Waals surface area contributed by atoms with Crippen LogP contribution in [-0.4, -0.2) is 49.0 Å². The Bertz CT molecular complexity index is 1020. The first-order chi connectivity index (χ1) is 12.3. The van der Waals surface area contributed by atoms with Gasteiger partial charge in [-0.25, -0.2) is 13.2 Å². The molecule has 9 heteroatoms. The summed E-state index contributed by atoms with van der Waals surface area (Å²) in [7, 11) is -3.85. The number of rotatable bonds is 4. The van der Waals surface area contributed by atoms with Gasteiger partial charge in [0, 0.05) is 11.1 Å². The Morgan fingerprint density at radius 1 is 1.23 bits per heavy atom. The molecule has 1 atom stereocenters. The average molecular weight is 392 g/mol. The number of hydrogen-bond acceptors (Lipinski definition) is 5. The van der Waals surface area contributed by atoms with Crippen LogP contribution in [0.1, 0.15) is 6.42 Å². The first-order valence-corrected chi connectivity index (χ1v) is 10.6. The van der Waals surface area contributed by atoms with E-state index in [0.29, 0.717) is 23.2 Å². The maximum absolute atomic E-state index is 12.9. The number of nitrogens with zero attached hydrogens (tertiary/aromatic N) is 1. The van der Waals surface area contributed by atoms with E-state index < -0.39 is 34.0 Å². The zero-order chi connectivity index (χ0) is 18.5. The molecular formula is C17H16N2O5S2. The Morgan fingerprint density at radius 3 is 2.62 bits per heavy atom. The summed E-state index contributed by atoms with van der Waals surface area (Å²) >= 11 is 1.45. The lowest BCUT2D eigenvalue weighted by Gasteiger charge is -2.26. The number of nitrogens with one attached hydrogen (secondary N) is 1. The lowest BCUT2D eigenvalue weighted by molar-refractivity contribution is -0.146. The van der Waals surface area contributed by atoms with Crippen molar-refractivity contribution >= 4 is 50.1 Å². The smallest absolute Gasteiger partial charge is 0.330 e. The molecular weight excluding hydrogens is 376 g/mol. The fourth-order valence-corrected chi connectivity index (χ4v) is 6.44. The van der Waals surface area contributed by atoms with Gasteiger partial charge in [-0.15, -0.1) is 0 Å². The van der Waals surface area contributed by atoms with Gasteiger partial charge in [0.15, 0.2) is 0 Å². The third-order valence-electron chi connectivity index (χ3n) is 4.78. The van der Waals surface area contributed by atoms with E-state index in [1.165, 1.54) is 17.8 Å². The van der Waals surface area contributed by atoms with Crippen LogP contribution in [0.2, 0.25) is 0 Å². The van der Waals surface area contributed by atoms with Gasteiger partial charge in [0.25, 0.3) is 10.0 Å². The lowest BCUT2D eigenvalue weighted by Crippen LogP contribution is -2.57. The van der Waals surface area contributed by atoms with Gasteiger partial charge in [-0.05, 0) is 29.7 Å². The second-order valence-electron chi connectivity index (χ2n) is 6.38. The van der Waals surface area contributed by atoms with Crippen molar-refractivity contribution in [3.8, 4) is 0 Å². The van der Waals surface area contributed by atoms with E-state index in [9.17, 15) is 23.1 Å². The number of carboxylic acid groups (broad SMARTS) is 1. The second-order valence-corrected chi connectivity index (χ2v) is 9.32. The topological polar surface area (TPSA) is 104 Å². The molecule has 26 heavy (non-hydrogen) atoms. The Hall–Kier alpha value is -2.26. The molecule has 4 rings (SSSR count). The predicted octanol–water partition coefficient (Wildman–Crippen LogP) is 1.42. The summed E-state index contributed by atoms with van der Waals surface area (Å²) in [5, 5.41) is 13.4. The molecule has 1 saturated heterocycles. The zero-order valence-corrected chi connectivity index (χ0v) is 15.3. The maximum Gasteiger partial charge on any atom is 0.330 e. The van der Waals surface area contributed by atoms with E-state index in [1.807, 2.05) is 12.1 Å². The monoisotopic (exact) mass is 392 g/mol. The predicted molar refractivity (Wildman–Crippen MR) is 98.9 cm³/mol. The van der Waals surface area contributed by atoms with Crippen molar-refractivity contribution in [1.82, 2.24) is 5.32 Å². The quantitative estimate of drug-likeness (QED) is 0.816. The van der Waals surface area contributed by atoms with Gasteiger partial charge in [-0.2, -0.15) is 11.8 Å². The fourth-order valence-electron chi connectivity index (χ4n) is 3.45. The molecule has 0 bridgehead atoms. The minimum Gasteiger partial charge on any atom is -0.479 e. The highest BCUT2D eigenvalue weighted by atomic mass is 32.2. The first-order valence-electron chi connectivity index (χ1n) is 8.02. The molecule has 2 aromatic rings. The van der Waals surface area contributed by atoms with Crippen molar-refractivity contribution in [2.75, 3.05) is 22.4 Å². The molecule has 0 aliphatic carbocycles. The van der Waals surface area contributed by atoms with Crippen molar-refractivity contribution < 1.29 is 23.1 Å². The van der Waals surface area contributed by atoms with Crippen molar-refractivity contribution in [2.24, 2.45) is 0 Å². The molecule has 1 amide bonds. The third-order valence-corrected chi connectivity index (χ3v) is 7.77. The van der Waals surface area contributed by atoms with E-state index in [4.69, 9.17) is 0 Å². The Kier molecular flexibility index (Phi) is 3.89. The van der Waals surface area contributed by atoms with Crippen LogP contribution in [0.3, 0.4) is 0 Å². The number of hydrogen-bond donors (Lipinski definition) is 2. The molecule has 0 radical (unpaired) electrons. The fraction of sp³-hybridized carbons (Fsp3) is 0.294. The molecule has 0 spiro atoms. The highest BCUT2D eigenvalue weighted by molar-refractivity contribution is 7.99. The standard InChI is InChI=1S/C17H16N2O5S2/c20-14(18-17(16(21)22)7-8-25-10-17)9-19-12-5-1-3-11-4-2-6-13(15(11)12)26(19,23)24/h1-6H,7-10H2,(H,18,20)(H,21,22). The van der Waals surface area contributed by atoms with E-state index in [-0.39, 0.29) is 10.6 Å². The molecule has 0 aromatic heterocycles. The lowest BCUT2D eigenvalue weighted by atomic mass is 9.99. The van der Waals surface area contributed by atoms with Gasteiger partial charge >= 0.3 is 5.97 Å². The van der Waals surface area contributed by atoms with Crippen LogP contribution in [0.15, 0.2) is 41.3 Å². The molecule has 2 aliphatic heterocycles. The van der Waals surface area contributed by atoms with E-state index in [1.54, 1.807) is 18.2 Å². The van der Waals surface area contributed by atoms with Gasteiger partial charge in [-0.1, -0.05) is 24.3 Å². The molecule has 2 aromatic carbocycles. The Balaban J connectivity index is 1.66. The van der Waals surface area contributed by atoms with Crippen LogP contribution in [-0.2, 0) is 19.6 Å². The van der Waals surface area contributed by atoms with Crippen LogP contribution in [0.4, 0.5) is 5.69 Å². The van der Waals surface area contributed by atoms with Crippen LogP contribution >= 0.6 is 11.8 Å². The summed E-state index contributed by atoms with van der Waals surface area (Å²) in [5.41, 5.74) is -0.886. The van der Waals surface area contributed by atoms with Crippen LogP contribution < -0.4 is 9.62 Å². The molecule has 0 saturated carbocycles. The number of carboxylic acids is 1. The molecule has 136 valence electrons. The third kappa shape index (κ3) is 2.45. The van der Waals surface area contributed by atoms with Gasteiger partial charge in [0.2, 0.25) is 5.91 Å². The number of amides is 1. The van der Waals surface area contributed by atoms with Gasteiger partial charge in [-0.3, -0.25) is 9.10 Å². The van der Waals surface area contributed by atoms with Crippen molar-refractivity contribution in [3.63, 3.8) is 0 Å². The van der Waals surface area contributed by atoms with Gasteiger partial charge < -0.3 is 10.4 Å². The number of carbonyl (C=O) groups excluding carboxylic acids is 1. The number of aliphatic carboxylic acids is 1. The first kappa shape index (κ1) is 17.2. The minimum absolute atomic E-state index is 0.169. The highest BCUT2D eigenvalue weighted by Crippen LogP contribution is 2.41. The second kappa shape index (κ2) is 5.88. The average Bonchev–Trinajstić information content (AvgIpc) is 3.15. The molecule has 2 N–H and O–H groups in total. The minimum atomic E-state index is -3.85. The van der Waals surface area contributed by atoms with E-state index in [2.05, 4.69) is 5.32 Å². The molecule has 2 heterocycles. The molecule has 2 aliphatic rings. The molecule has 1 fully saturated rings. The summed E-state index contributed by atoms with van der Waals surface area (Å²) in [6.07, 6.45) is 0.321. The van der Waals surface area contributed by atoms with Crippen molar-refractivity contribution in [1.29, 1.82) is 0 Å². The number of sulfonamides is 1. The SMILES string of the molecule is O=C(CN1c2cccc3cccc(c23)S1(=O)=O)NC1(C(=O)O)CCSC1.